The van der Waals surface area contributed by atoms with Crippen LogP contribution in [0.15, 0.2) is 42.5 Å². The second kappa shape index (κ2) is 9.24. The third-order valence-corrected chi connectivity index (χ3v) is 4.69. The van der Waals surface area contributed by atoms with Gasteiger partial charge in [0.25, 0.3) is 5.91 Å². The number of methoxy groups -OCH3 is 2. The monoisotopic (exact) mass is 414 g/mol. The number of carbonyl (C=O) groups excluding carboxylic acids is 1. The fraction of sp³-hybridized carbons (Fsp3) is 0.250. The summed E-state index contributed by atoms with van der Waals surface area (Å²) in [6, 6.07) is 13.0. The first-order valence-electron chi connectivity index (χ1n) is 8.84. The number of rotatable bonds is 8. The molecule has 3 aromatic rings. The van der Waals surface area contributed by atoms with Gasteiger partial charge in [-0.3, -0.25) is 9.89 Å². The summed E-state index contributed by atoms with van der Waals surface area (Å²) in [7, 11) is 4.81. The number of hydrogen-bond acceptors (Lipinski definition) is 6. The van der Waals surface area contributed by atoms with Crippen LogP contribution in [0.2, 0.25) is 0 Å². The molecular formula is C20H22N4O4S. The van der Waals surface area contributed by atoms with Gasteiger partial charge in [0.05, 0.1) is 20.8 Å². The summed E-state index contributed by atoms with van der Waals surface area (Å²) in [6.07, 6.45) is 0. The molecule has 0 saturated carbocycles. The molecule has 0 radical (unpaired) electrons. The average molecular weight is 414 g/mol. The second-order valence-electron chi connectivity index (χ2n) is 6.17. The highest BCUT2D eigenvalue weighted by atomic mass is 32.1. The fourth-order valence-electron chi connectivity index (χ4n) is 2.68. The lowest BCUT2D eigenvalue weighted by molar-refractivity contribution is 0.0948. The largest absolute Gasteiger partial charge is 0.493 e. The lowest BCUT2D eigenvalue weighted by Crippen LogP contribution is -2.24. The van der Waals surface area contributed by atoms with Crippen molar-refractivity contribution in [2.24, 2.45) is 7.05 Å². The Bertz CT molecular complexity index is 1020. The molecule has 1 aromatic heterocycles. The average Bonchev–Trinajstić information content (AvgIpc) is 3.08. The van der Waals surface area contributed by atoms with E-state index in [0.29, 0.717) is 40.0 Å². The van der Waals surface area contributed by atoms with E-state index in [-0.39, 0.29) is 12.5 Å². The maximum atomic E-state index is 12.6. The third-order valence-electron chi connectivity index (χ3n) is 4.33. The Balaban J connectivity index is 1.78. The van der Waals surface area contributed by atoms with Gasteiger partial charge in [0.15, 0.2) is 22.1 Å². The summed E-state index contributed by atoms with van der Waals surface area (Å²) in [4.78, 5) is 12.6. The summed E-state index contributed by atoms with van der Waals surface area (Å²) in [5.74, 6) is 1.56. The molecule has 0 atom stereocenters. The number of H-pyrrole nitrogens is 1. The lowest BCUT2D eigenvalue weighted by Gasteiger charge is -2.16. The normalized spacial score (nSPS) is 10.4. The van der Waals surface area contributed by atoms with Crippen LogP contribution in [0.4, 0.5) is 0 Å². The smallest absolute Gasteiger partial charge is 0.251 e. The zero-order valence-corrected chi connectivity index (χ0v) is 17.2. The summed E-state index contributed by atoms with van der Waals surface area (Å²) in [5.41, 5.74) is 1.38. The number of ether oxygens (including phenoxy) is 3. The molecule has 8 nitrogen and oxygen atoms in total. The zero-order chi connectivity index (χ0) is 20.8. The molecule has 0 saturated heterocycles. The maximum Gasteiger partial charge on any atom is 0.251 e. The van der Waals surface area contributed by atoms with Crippen molar-refractivity contribution in [1.82, 2.24) is 20.1 Å². The third kappa shape index (κ3) is 4.75. The first-order chi connectivity index (χ1) is 14.0. The fourth-order valence-corrected chi connectivity index (χ4v) is 2.83. The van der Waals surface area contributed by atoms with Crippen LogP contribution in [-0.4, -0.2) is 34.9 Å². The number of amides is 1. The van der Waals surface area contributed by atoms with E-state index in [0.717, 1.165) is 5.56 Å². The quantitative estimate of drug-likeness (QED) is 0.551. The van der Waals surface area contributed by atoms with E-state index in [1.54, 1.807) is 23.7 Å². The Morgan fingerprint density at radius 1 is 1.17 bits per heavy atom. The predicted molar refractivity (Wildman–Crippen MR) is 110 cm³/mol. The topological polar surface area (TPSA) is 90.4 Å². The molecule has 152 valence electrons. The van der Waals surface area contributed by atoms with Gasteiger partial charge in [-0.25, -0.2) is 0 Å². The first-order valence-corrected chi connectivity index (χ1v) is 9.25. The molecule has 0 aliphatic rings. The molecule has 2 N–H and O–H groups in total. The number of nitrogens with one attached hydrogen (secondary N) is 2. The molecule has 3 rings (SSSR count). The van der Waals surface area contributed by atoms with Crippen molar-refractivity contribution in [3.63, 3.8) is 0 Å². The van der Waals surface area contributed by atoms with E-state index in [1.165, 1.54) is 14.2 Å². The van der Waals surface area contributed by atoms with Crippen molar-refractivity contribution in [2.75, 3.05) is 14.2 Å². The summed E-state index contributed by atoms with van der Waals surface area (Å²) in [6.45, 7) is 0.567. The Morgan fingerprint density at radius 3 is 2.38 bits per heavy atom. The molecule has 2 aromatic carbocycles. The van der Waals surface area contributed by atoms with Crippen LogP contribution in [0.3, 0.4) is 0 Å². The van der Waals surface area contributed by atoms with Crippen LogP contribution >= 0.6 is 12.2 Å². The van der Waals surface area contributed by atoms with E-state index in [9.17, 15) is 4.79 Å². The van der Waals surface area contributed by atoms with Crippen molar-refractivity contribution < 1.29 is 19.0 Å². The summed E-state index contributed by atoms with van der Waals surface area (Å²) < 4.78 is 18.9. The summed E-state index contributed by atoms with van der Waals surface area (Å²) >= 11 is 5.07. The number of nitrogens with zero attached hydrogens (tertiary/aromatic N) is 2. The Hall–Kier alpha value is -3.33. The molecule has 0 unspecified atom stereocenters. The predicted octanol–water partition coefficient (Wildman–Crippen LogP) is 3.00. The van der Waals surface area contributed by atoms with Crippen LogP contribution in [0.1, 0.15) is 21.7 Å². The van der Waals surface area contributed by atoms with E-state index >= 15 is 0 Å². The highest BCUT2D eigenvalue weighted by Crippen LogP contribution is 2.39. The van der Waals surface area contributed by atoms with Gasteiger partial charge in [-0.05, 0) is 29.9 Å². The van der Waals surface area contributed by atoms with Gasteiger partial charge in [0.2, 0.25) is 5.75 Å². The van der Waals surface area contributed by atoms with Crippen LogP contribution in [-0.2, 0) is 20.2 Å². The van der Waals surface area contributed by atoms with Gasteiger partial charge in [0.1, 0.15) is 6.61 Å². The minimum atomic E-state index is -0.301. The molecule has 0 bridgehead atoms. The van der Waals surface area contributed by atoms with Crippen LogP contribution in [0.25, 0.3) is 0 Å². The minimum Gasteiger partial charge on any atom is -0.493 e. The molecule has 1 amide bonds. The number of carbonyl (C=O) groups is 1. The molecule has 9 heteroatoms. The van der Waals surface area contributed by atoms with Gasteiger partial charge in [-0.2, -0.15) is 5.10 Å². The van der Waals surface area contributed by atoms with Gasteiger partial charge in [-0.1, -0.05) is 30.3 Å². The number of hydrogen-bond donors (Lipinski definition) is 2. The van der Waals surface area contributed by atoms with Crippen LogP contribution < -0.4 is 19.5 Å². The highest BCUT2D eigenvalue weighted by molar-refractivity contribution is 7.71. The van der Waals surface area contributed by atoms with Crippen LogP contribution in [0, 0.1) is 4.77 Å². The van der Waals surface area contributed by atoms with Crippen molar-refractivity contribution in [1.29, 1.82) is 0 Å². The lowest BCUT2D eigenvalue weighted by atomic mass is 10.1. The van der Waals surface area contributed by atoms with Gasteiger partial charge in [0, 0.05) is 12.6 Å². The number of aromatic amines is 1. The maximum absolute atomic E-state index is 12.6. The van der Waals surface area contributed by atoms with Gasteiger partial charge >= 0.3 is 0 Å². The van der Waals surface area contributed by atoms with Crippen LogP contribution in [0.5, 0.6) is 17.2 Å². The van der Waals surface area contributed by atoms with E-state index < -0.39 is 0 Å². The molecule has 0 spiro atoms. The van der Waals surface area contributed by atoms with E-state index in [4.69, 9.17) is 26.4 Å². The standard InChI is InChI=1S/C20H22N4O4S/c1-24-17(22-23-20(24)29)11-21-19(25)14-9-15(26-2)18(16(10-14)27-3)28-12-13-7-5-4-6-8-13/h4-10H,11-12H2,1-3H3,(H,21,25)(H,23,29). The molecular weight excluding hydrogens is 392 g/mol. The highest BCUT2D eigenvalue weighted by Gasteiger charge is 2.18. The Kier molecular flexibility index (Phi) is 6.50. The first kappa shape index (κ1) is 20.4. The van der Waals surface area contributed by atoms with E-state index in [1.807, 2.05) is 30.3 Å². The van der Waals surface area contributed by atoms with Crippen molar-refractivity contribution in [3.8, 4) is 17.2 Å². The minimum absolute atomic E-state index is 0.222. The SMILES string of the molecule is COc1cc(C(=O)NCc2n[nH]c(=S)n2C)cc(OC)c1OCc1ccccc1. The second-order valence-corrected chi connectivity index (χ2v) is 6.56. The summed E-state index contributed by atoms with van der Waals surface area (Å²) in [5, 5.41) is 9.57. The Labute approximate surface area is 173 Å². The molecule has 29 heavy (non-hydrogen) atoms. The van der Waals surface area contributed by atoms with Gasteiger partial charge < -0.3 is 24.1 Å². The molecule has 0 fully saturated rings. The Morgan fingerprint density at radius 2 is 1.83 bits per heavy atom. The zero-order valence-electron chi connectivity index (χ0n) is 16.4. The van der Waals surface area contributed by atoms with Crippen molar-refractivity contribution in [3.05, 3.63) is 64.2 Å². The molecule has 0 aliphatic carbocycles. The molecule has 1 heterocycles. The number of benzene rings is 2. The van der Waals surface area contributed by atoms with Crippen molar-refractivity contribution in [2.45, 2.75) is 13.2 Å². The number of aromatic nitrogens is 3. The van der Waals surface area contributed by atoms with E-state index in [2.05, 4.69) is 15.5 Å². The van der Waals surface area contributed by atoms with Gasteiger partial charge in [-0.15, -0.1) is 0 Å². The van der Waals surface area contributed by atoms with Crippen molar-refractivity contribution >= 4 is 18.1 Å². The molecule has 0 aliphatic heterocycles.